The summed E-state index contributed by atoms with van der Waals surface area (Å²) in [5.74, 6) is -1.24. The van der Waals surface area contributed by atoms with Crippen molar-refractivity contribution < 1.29 is 23.1 Å². The molecule has 0 radical (unpaired) electrons. The number of fused-ring (bicyclic) bond motifs is 1. The van der Waals surface area contributed by atoms with E-state index in [4.69, 9.17) is 4.74 Å². The molecule has 2 atom stereocenters. The van der Waals surface area contributed by atoms with Crippen LogP contribution in [0.2, 0.25) is 0 Å². The number of aromatic nitrogens is 1. The van der Waals surface area contributed by atoms with Crippen LogP contribution in [0, 0.1) is 11.6 Å². The number of ether oxygens (including phenoxy) is 1. The summed E-state index contributed by atoms with van der Waals surface area (Å²) in [4.78, 5) is 34.0. The maximum absolute atomic E-state index is 13.6. The number of hydrogen-bond acceptors (Lipinski definition) is 6. The van der Waals surface area contributed by atoms with Gasteiger partial charge in [-0.15, -0.1) is 0 Å². The highest BCUT2D eigenvalue weighted by Crippen LogP contribution is 2.33. The predicted octanol–water partition coefficient (Wildman–Crippen LogP) is 5.60. The molecular weight excluding hydrogens is 514 g/mol. The van der Waals surface area contributed by atoms with Crippen molar-refractivity contribution in [1.82, 2.24) is 10.3 Å². The monoisotopic (exact) mass is 542 g/mol. The van der Waals surface area contributed by atoms with Crippen molar-refractivity contribution >= 4 is 29.3 Å². The van der Waals surface area contributed by atoms with Gasteiger partial charge in [0.1, 0.15) is 18.2 Å². The lowest BCUT2D eigenvalue weighted by Gasteiger charge is -2.19. The van der Waals surface area contributed by atoms with Gasteiger partial charge in [0.25, 0.3) is 5.91 Å². The largest absolute Gasteiger partial charge is 0.491 e. The van der Waals surface area contributed by atoms with Crippen molar-refractivity contribution in [1.29, 1.82) is 0 Å². The summed E-state index contributed by atoms with van der Waals surface area (Å²) in [6.07, 6.45) is 8.12. The smallest absolute Gasteiger partial charge is 0.255 e. The minimum Gasteiger partial charge on any atom is -0.491 e. The van der Waals surface area contributed by atoms with Crippen molar-refractivity contribution in [2.24, 2.45) is 4.99 Å². The van der Waals surface area contributed by atoms with Crippen LogP contribution in [0.15, 0.2) is 77.6 Å². The van der Waals surface area contributed by atoms with Gasteiger partial charge >= 0.3 is 0 Å². The molecule has 1 amide bonds. The summed E-state index contributed by atoms with van der Waals surface area (Å²) in [7, 11) is 0. The number of Topliss-reactive ketones (excluding diaryl/α,β-unsaturated/α-hetero) is 1. The second kappa shape index (κ2) is 11.6. The van der Waals surface area contributed by atoms with Crippen LogP contribution in [0.4, 0.5) is 14.6 Å². The summed E-state index contributed by atoms with van der Waals surface area (Å²) in [6, 6.07) is 11.7. The highest BCUT2D eigenvalue weighted by molar-refractivity contribution is 6.26. The van der Waals surface area contributed by atoms with Crippen molar-refractivity contribution in [2.45, 2.75) is 38.8 Å². The number of nitrogens with one attached hydrogen (secondary N) is 2. The molecule has 1 aromatic heterocycles. The summed E-state index contributed by atoms with van der Waals surface area (Å²) in [5.41, 5.74) is 4.30. The number of ketones is 1. The summed E-state index contributed by atoms with van der Waals surface area (Å²) in [5, 5.41) is 6.01. The first kappa shape index (κ1) is 26.9. The highest BCUT2D eigenvalue weighted by atomic mass is 19.2. The number of amides is 1. The van der Waals surface area contributed by atoms with E-state index in [0.717, 1.165) is 35.3 Å². The lowest BCUT2D eigenvalue weighted by Crippen LogP contribution is -2.30. The second-order valence-corrected chi connectivity index (χ2v) is 9.84. The summed E-state index contributed by atoms with van der Waals surface area (Å²) >= 11 is 0. The molecule has 2 aromatic carbocycles. The van der Waals surface area contributed by atoms with Gasteiger partial charge in [0, 0.05) is 37.0 Å². The first-order valence-electron chi connectivity index (χ1n) is 13.0. The molecule has 2 N–H and O–H groups in total. The van der Waals surface area contributed by atoms with Crippen molar-refractivity contribution in [3.8, 4) is 5.75 Å². The normalized spacial score (nSPS) is 16.4. The number of anilines is 1. The fourth-order valence-corrected chi connectivity index (χ4v) is 4.63. The Kier molecular flexibility index (Phi) is 7.82. The number of rotatable bonds is 9. The van der Waals surface area contributed by atoms with Crippen molar-refractivity contribution in [3.63, 3.8) is 0 Å². The molecule has 0 bridgehead atoms. The number of carbonyl (C=O) groups is 2. The molecule has 0 unspecified atom stereocenters. The van der Waals surface area contributed by atoms with Gasteiger partial charge < -0.3 is 15.4 Å². The molecule has 0 saturated carbocycles. The average molecular weight is 543 g/mol. The number of aliphatic imine (C=N–C) groups is 1. The van der Waals surface area contributed by atoms with Gasteiger partial charge in [-0.1, -0.05) is 12.1 Å². The molecule has 204 valence electrons. The number of hydrogen-bond donors (Lipinski definition) is 2. The third-order valence-corrected chi connectivity index (χ3v) is 6.75. The Labute approximate surface area is 230 Å². The molecular formula is C31H28F2N4O3. The van der Waals surface area contributed by atoms with Crippen LogP contribution in [0.5, 0.6) is 5.75 Å². The predicted molar refractivity (Wildman–Crippen MR) is 149 cm³/mol. The van der Waals surface area contributed by atoms with Crippen molar-refractivity contribution in [2.75, 3.05) is 11.9 Å². The number of nitrogens with zero attached hydrogens (tertiary/aromatic N) is 2. The van der Waals surface area contributed by atoms with Gasteiger partial charge in [-0.25, -0.2) is 13.8 Å². The number of pyridine rings is 1. The van der Waals surface area contributed by atoms with E-state index in [9.17, 15) is 18.4 Å². The maximum Gasteiger partial charge on any atom is 0.255 e. The van der Waals surface area contributed by atoms with E-state index < -0.39 is 23.6 Å². The third kappa shape index (κ3) is 5.98. The van der Waals surface area contributed by atoms with Crippen LogP contribution >= 0.6 is 0 Å². The second-order valence-electron chi connectivity index (χ2n) is 9.84. The SMILES string of the molecule is C[C@H](COc1ccc2c(c1)CC(=O)/C2=C\C1=CN=CC1)Nc1ncccc1C(=O)N[C@@H](C)c1ccc(F)c(F)c1. The zero-order valence-corrected chi connectivity index (χ0v) is 22.1. The minimum atomic E-state index is -0.972. The fourth-order valence-electron chi connectivity index (χ4n) is 4.63. The van der Waals surface area contributed by atoms with Crippen LogP contribution in [0.3, 0.4) is 0 Å². The lowest BCUT2D eigenvalue weighted by atomic mass is 10.0. The molecule has 5 rings (SSSR count). The Morgan fingerprint density at radius 1 is 1.12 bits per heavy atom. The zero-order valence-electron chi connectivity index (χ0n) is 22.1. The Morgan fingerprint density at radius 2 is 1.98 bits per heavy atom. The molecule has 1 aliphatic heterocycles. The third-order valence-electron chi connectivity index (χ3n) is 6.75. The van der Waals surface area contributed by atoms with Gasteiger partial charge in [0.05, 0.1) is 17.6 Å². The van der Waals surface area contributed by atoms with E-state index in [0.29, 0.717) is 34.7 Å². The highest BCUT2D eigenvalue weighted by Gasteiger charge is 2.25. The average Bonchev–Trinajstić information content (AvgIpc) is 3.56. The Morgan fingerprint density at radius 3 is 2.75 bits per heavy atom. The fraction of sp³-hybridized carbons (Fsp3) is 0.226. The maximum atomic E-state index is 13.6. The molecule has 7 nitrogen and oxygen atoms in total. The van der Waals surface area contributed by atoms with E-state index in [2.05, 4.69) is 20.6 Å². The van der Waals surface area contributed by atoms with Gasteiger partial charge in [-0.3, -0.25) is 14.6 Å². The van der Waals surface area contributed by atoms with E-state index in [1.54, 1.807) is 31.5 Å². The van der Waals surface area contributed by atoms with Gasteiger partial charge in [0.15, 0.2) is 17.4 Å². The molecule has 2 heterocycles. The molecule has 1 aliphatic carbocycles. The lowest BCUT2D eigenvalue weighted by molar-refractivity contribution is -0.112. The number of carbonyl (C=O) groups excluding carboxylic acids is 2. The topological polar surface area (TPSA) is 92.7 Å². The Bertz CT molecular complexity index is 1560. The van der Waals surface area contributed by atoms with Crippen molar-refractivity contribution in [3.05, 3.63) is 106 Å². The van der Waals surface area contributed by atoms with E-state index >= 15 is 0 Å². The van der Waals surface area contributed by atoms with Crippen LogP contribution in [0.25, 0.3) is 5.57 Å². The summed E-state index contributed by atoms with van der Waals surface area (Å²) in [6.45, 7) is 3.87. The number of benzene rings is 2. The molecule has 0 saturated heterocycles. The van der Waals surface area contributed by atoms with E-state index in [1.807, 2.05) is 37.4 Å². The number of halogens is 2. The molecule has 2 aliphatic rings. The standard InChI is InChI=1S/C31H28F2N4O3/c1-18(17-40-23-6-7-24-22(13-23)15-29(38)26(24)12-20-9-11-34-16-20)36-30-25(4-3-10-35-30)31(39)37-19(2)21-5-8-27(32)28(33)14-21/h3-8,10-14,16,18-19H,9,15,17H2,1-2H3,(H,35,36)(H,37,39)/b26-12-/t18-,19+/m1/s1. The number of allylic oxidation sites excluding steroid dienone is 3. The summed E-state index contributed by atoms with van der Waals surface area (Å²) < 4.78 is 32.9. The van der Waals surface area contributed by atoms with Gasteiger partial charge in [-0.05, 0) is 78.6 Å². The quantitative estimate of drug-likeness (QED) is 0.344. The van der Waals surface area contributed by atoms with Crippen LogP contribution in [-0.2, 0) is 11.2 Å². The molecule has 0 fully saturated rings. The minimum absolute atomic E-state index is 0.0785. The van der Waals surface area contributed by atoms with E-state index in [1.165, 1.54) is 6.07 Å². The Hall–Kier alpha value is -4.66. The van der Waals surface area contributed by atoms with Crippen LogP contribution < -0.4 is 15.4 Å². The van der Waals surface area contributed by atoms with Crippen LogP contribution in [0.1, 0.15) is 53.4 Å². The van der Waals surface area contributed by atoms with Gasteiger partial charge in [-0.2, -0.15) is 0 Å². The van der Waals surface area contributed by atoms with E-state index in [-0.39, 0.29) is 18.4 Å². The van der Waals surface area contributed by atoms with Crippen LogP contribution in [-0.4, -0.2) is 35.5 Å². The molecule has 40 heavy (non-hydrogen) atoms. The Balaban J connectivity index is 1.20. The first-order valence-corrected chi connectivity index (χ1v) is 13.0. The molecule has 0 spiro atoms. The first-order chi connectivity index (χ1) is 19.3. The zero-order chi connectivity index (χ0) is 28.2. The van der Waals surface area contributed by atoms with Gasteiger partial charge in [0.2, 0.25) is 0 Å². The molecule has 9 heteroatoms. The molecule has 3 aromatic rings.